The number of halogens is 1. The zero-order valence-corrected chi connectivity index (χ0v) is 13.5. The fourth-order valence-corrected chi connectivity index (χ4v) is 4.47. The van der Waals surface area contributed by atoms with Crippen molar-refractivity contribution in [2.75, 3.05) is 13.2 Å². The molecule has 1 aromatic carbocycles. The quantitative estimate of drug-likeness (QED) is 0.910. The molecule has 0 spiro atoms. The number of aryl methyl sites for hydroxylation is 1. The lowest BCUT2D eigenvalue weighted by atomic mass is 10.0. The number of hydrogen-bond donors (Lipinski definition) is 1. The van der Waals surface area contributed by atoms with Crippen molar-refractivity contribution in [2.24, 2.45) is 0 Å². The molecular weight excluding hydrogens is 330 g/mol. The Morgan fingerprint density at radius 3 is 2.79 bits per heavy atom. The van der Waals surface area contributed by atoms with E-state index in [0.717, 1.165) is 18.4 Å². The zero-order chi connectivity index (χ0) is 14.1. The Hall–Kier alpha value is -0.430. The normalized spacial score (nSPS) is 23.7. The number of sulfonamides is 1. The second kappa shape index (κ2) is 5.52. The number of hydrogen-bond acceptors (Lipinski definition) is 3. The van der Waals surface area contributed by atoms with Gasteiger partial charge in [-0.3, -0.25) is 0 Å². The molecule has 1 unspecified atom stereocenters. The van der Waals surface area contributed by atoms with Gasteiger partial charge in [0.15, 0.2) is 0 Å². The van der Waals surface area contributed by atoms with Crippen molar-refractivity contribution in [3.8, 4) is 0 Å². The number of rotatable bonds is 4. The van der Waals surface area contributed by atoms with Gasteiger partial charge in [-0.15, -0.1) is 0 Å². The predicted octanol–water partition coefficient (Wildman–Crippen LogP) is 2.60. The molecule has 1 aromatic rings. The Labute approximate surface area is 122 Å². The summed E-state index contributed by atoms with van der Waals surface area (Å²) in [6.07, 6.45) is 1.86. The average Bonchev–Trinajstić information content (AvgIpc) is 2.74. The van der Waals surface area contributed by atoms with Crippen LogP contribution in [0, 0.1) is 6.92 Å². The second-order valence-corrected chi connectivity index (χ2v) is 7.75. The van der Waals surface area contributed by atoms with Crippen LogP contribution < -0.4 is 4.72 Å². The Bertz CT molecular complexity index is 565. The third-order valence-corrected chi connectivity index (χ3v) is 5.69. The Kier molecular flexibility index (Phi) is 4.35. The third-order valence-electron chi connectivity index (χ3n) is 3.31. The summed E-state index contributed by atoms with van der Waals surface area (Å²) >= 11 is 3.30. The first-order chi connectivity index (χ1) is 8.82. The molecule has 0 saturated carbocycles. The van der Waals surface area contributed by atoms with Gasteiger partial charge in [0, 0.05) is 17.6 Å². The molecule has 1 aliphatic heterocycles. The lowest BCUT2D eigenvalue weighted by Crippen LogP contribution is -2.40. The lowest BCUT2D eigenvalue weighted by Gasteiger charge is -2.23. The standard InChI is InChI=1S/C13H18BrNO3S/c1-10-4-5-12(11(14)8-10)19(16,17)15-9-13(2)6-3-7-18-13/h4-5,8,15H,3,6-7,9H2,1-2H3. The van der Waals surface area contributed by atoms with Crippen molar-refractivity contribution < 1.29 is 13.2 Å². The van der Waals surface area contributed by atoms with E-state index >= 15 is 0 Å². The number of nitrogens with one attached hydrogen (secondary N) is 1. The van der Waals surface area contributed by atoms with Gasteiger partial charge in [-0.05, 0) is 60.3 Å². The minimum Gasteiger partial charge on any atom is -0.374 e. The molecule has 2 rings (SSSR count). The molecule has 0 aliphatic carbocycles. The van der Waals surface area contributed by atoms with E-state index in [1.165, 1.54) is 0 Å². The maximum Gasteiger partial charge on any atom is 0.241 e. The van der Waals surface area contributed by atoms with Gasteiger partial charge < -0.3 is 4.74 Å². The molecule has 0 radical (unpaired) electrons. The Morgan fingerprint density at radius 2 is 2.21 bits per heavy atom. The van der Waals surface area contributed by atoms with Crippen LogP contribution in [0.15, 0.2) is 27.6 Å². The van der Waals surface area contributed by atoms with Crippen molar-refractivity contribution in [3.63, 3.8) is 0 Å². The molecule has 0 bridgehead atoms. The third kappa shape index (κ3) is 3.56. The largest absolute Gasteiger partial charge is 0.374 e. The molecule has 1 saturated heterocycles. The maximum absolute atomic E-state index is 12.3. The summed E-state index contributed by atoms with van der Waals surface area (Å²) in [6, 6.07) is 5.19. The topological polar surface area (TPSA) is 55.4 Å². The van der Waals surface area contributed by atoms with Crippen LogP contribution in [-0.2, 0) is 14.8 Å². The summed E-state index contributed by atoms with van der Waals surface area (Å²) < 4.78 is 33.3. The summed E-state index contributed by atoms with van der Waals surface area (Å²) in [4.78, 5) is 0.264. The molecule has 0 aromatic heterocycles. The molecular formula is C13H18BrNO3S. The van der Waals surface area contributed by atoms with Gasteiger partial charge in [-0.2, -0.15) is 0 Å². The van der Waals surface area contributed by atoms with E-state index in [9.17, 15) is 8.42 Å². The van der Waals surface area contributed by atoms with Gasteiger partial charge in [0.2, 0.25) is 10.0 Å². The van der Waals surface area contributed by atoms with E-state index in [0.29, 0.717) is 17.6 Å². The monoisotopic (exact) mass is 347 g/mol. The van der Waals surface area contributed by atoms with Gasteiger partial charge in [-0.1, -0.05) is 6.07 Å². The van der Waals surface area contributed by atoms with E-state index in [2.05, 4.69) is 20.7 Å². The minimum absolute atomic E-state index is 0.264. The van der Waals surface area contributed by atoms with Crippen LogP contribution in [0.1, 0.15) is 25.3 Å². The first-order valence-electron chi connectivity index (χ1n) is 6.22. The van der Waals surface area contributed by atoms with Gasteiger partial charge in [0.05, 0.1) is 10.5 Å². The first kappa shape index (κ1) is 15.0. The summed E-state index contributed by atoms with van der Waals surface area (Å²) in [7, 11) is -3.51. The van der Waals surface area contributed by atoms with E-state index in [1.54, 1.807) is 18.2 Å². The zero-order valence-electron chi connectivity index (χ0n) is 11.1. The SMILES string of the molecule is Cc1ccc(S(=O)(=O)NCC2(C)CCCO2)c(Br)c1. The molecule has 1 atom stereocenters. The van der Waals surface area contributed by atoms with Crippen LogP contribution in [0.5, 0.6) is 0 Å². The van der Waals surface area contributed by atoms with Crippen molar-refractivity contribution in [2.45, 2.75) is 37.2 Å². The molecule has 4 nitrogen and oxygen atoms in total. The van der Waals surface area contributed by atoms with Crippen LogP contribution in [0.3, 0.4) is 0 Å². The van der Waals surface area contributed by atoms with Crippen LogP contribution in [0.25, 0.3) is 0 Å². The van der Waals surface area contributed by atoms with E-state index in [-0.39, 0.29) is 10.5 Å². The molecule has 6 heteroatoms. The van der Waals surface area contributed by atoms with Crippen molar-refractivity contribution in [1.82, 2.24) is 4.72 Å². The maximum atomic E-state index is 12.3. The minimum atomic E-state index is -3.51. The van der Waals surface area contributed by atoms with Gasteiger partial charge in [0.1, 0.15) is 0 Å². The van der Waals surface area contributed by atoms with Gasteiger partial charge in [-0.25, -0.2) is 13.1 Å². The fourth-order valence-electron chi connectivity index (χ4n) is 2.13. The van der Waals surface area contributed by atoms with Crippen molar-refractivity contribution >= 4 is 26.0 Å². The summed E-state index contributed by atoms with van der Waals surface area (Å²) in [5.74, 6) is 0. The van der Waals surface area contributed by atoms with Gasteiger partial charge >= 0.3 is 0 Å². The average molecular weight is 348 g/mol. The van der Waals surface area contributed by atoms with Crippen molar-refractivity contribution in [1.29, 1.82) is 0 Å². The highest BCUT2D eigenvalue weighted by atomic mass is 79.9. The van der Waals surface area contributed by atoms with Crippen LogP contribution in [0.2, 0.25) is 0 Å². The second-order valence-electron chi connectivity index (χ2n) is 5.16. The molecule has 19 heavy (non-hydrogen) atoms. The van der Waals surface area contributed by atoms with E-state index in [1.807, 2.05) is 13.8 Å². The predicted molar refractivity (Wildman–Crippen MR) is 77.7 cm³/mol. The van der Waals surface area contributed by atoms with Gasteiger partial charge in [0.25, 0.3) is 0 Å². The van der Waals surface area contributed by atoms with Crippen LogP contribution >= 0.6 is 15.9 Å². The number of ether oxygens (including phenoxy) is 1. The summed E-state index contributed by atoms with van der Waals surface area (Å²) in [5, 5.41) is 0. The Balaban J connectivity index is 2.14. The Morgan fingerprint density at radius 1 is 1.47 bits per heavy atom. The van der Waals surface area contributed by atoms with E-state index in [4.69, 9.17) is 4.74 Å². The first-order valence-corrected chi connectivity index (χ1v) is 8.50. The molecule has 0 amide bonds. The van der Waals surface area contributed by atoms with E-state index < -0.39 is 10.0 Å². The molecule has 1 N–H and O–H groups in total. The highest BCUT2D eigenvalue weighted by Gasteiger charge is 2.31. The van der Waals surface area contributed by atoms with Crippen LogP contribution in [-0.4, -0.2) is 27.2 Å². The number of benzene rings is 1. The summed E-state index contributed by atoms with van der Waals surface area (Å²) in [6.45, 7) is 4.86. The summed E-state index contributed by atoms with van der Waals surface area (Å²) in [5.41, 5.74) is 0.626. The highest BCUT2D eigenvalue weighted by molar-refractivity contribution is 9.10. The molecule has 1 fully saturated rings. The highest BCUT2D eigenvalue weighted by Crippen LogP contribution is 2.26. The van der Waals surface area contributed by atoms with Crippen LogP contribution in [0.4, 0.5) is 0 Å². The fraction of sp³-hybridized carbons (Fsp3) is 0.538. The smallest absolute Gasteiger partial charge is 0.241 e. The molecule has 1 aliphatic rings. The molecule has 106 valence electrons. The molecule has 1 heterocycles. The van der Waals surface area contributed by atoms with Crippen molar-refractivity contribution in [3.05, 3.63) is 28.2 Å². The lowest BCUT2D eigenvalue weighted by molar-refractivity contribution is 0.0250.